The number of carbonyl (C=O) groups excluding carboxylic acids is 2. The van der Waals surface area contributed by atoms with E-state index in [2.05, 4.69) is 4.98 Å². The molecule has 7 heteroatoms. The number of hydrogen-bond acceptors (Lipinski definition) is 5. The van der Waals surface area contributed by atoms with Crippen molar-refractivity contribution in [1.82, 2.24) is 9.38 Å². The number of nitrogens with zero attached hydrogens (tertiary/aromatic N) is 3. The van der Waals surface area contributed by atoms with E-state index in [9.17, 15) is 19.7 Å². The van der Waals surface area contributed by atoms with Crippen LogP contribution >= 0.6 is 0 Å². The second-order valence-corrected chi connectivity index (χ2v) is 7.23. The van der Waals surface area contributed by atoms with Gasteiger partial charge in [-0.05, 0) is 23.6 Å². The van der Waals surface area contributed by atoms with Crippen molar-refractivity contribution in [3.05, 3.63) is 124 Å². The molecule has 0 saturated carbocycles. The Morgan fingerprint density at radius 3 is 2.28 bits per heavy atom. The van der Waals surface area contributed by atoms with Gasteiger partial charge in [0.1, 0.15) is 17.0 Å². The Hall–Kier alpha value is -4.65. The van der Waals surface area contributed by atoms with Crippen molar-refractivity contribution in [3.8, 4) is 0 Å². The molecule has 0 atom stereocenters. The smallest absolute Gasteiger partial charge is 0.270 e. The molecular formula is C25H15N3O4. The molecule has 0 aliphatic heterocycles. The third-order valence-corrected chi connectivity index (χ3v) is 5.28. The Bertz CT molecular complexity index is 1540. The Labute approximate surface area is 181 Å². The lowest BCUT2D eigenvalue weighted by atomic mass is 10.0. The number of carbonyl (C=O) groups is 2. The van der Waals surface area contributed by atoms with Gasteiger partial charge in [0.15, 0.2) is 0 Å². The molecule has 0 saturated heterocycles. The number of nitro groups is 1. The maximum atomic E-state index is 13.7. The molecule has 0 N–H and O–H groups in total. The number of ketones is 2. The van der Waals surface area contributed by atoms with Crippen LogP contribution in [-0.4, -0.2) is 25.9 Å². The number of benzene rings is 3. The summed E-state index contributed by atoms with van der Waals surface area (Å²) in [5.41, 5.74) is 1.53. The molecule has 7 nitrogen and oxygen atoms in total. The molecule has 5 aromatic rings. The van der Waals surface area contributed by atoms with Gasteiger partial charge in [0.25, 0.3) is 5.69 Å². The van der Waals surface area contributed by atoms with Crippen molar-refractivity contribution in [2.24, 2.45) is 0 Å². The molecule has 0 aliphatic carbocycles. The van der Waals surface area contributed by atoms with Crippen LogP contribution in [0, 0.1) is 10.1 Å². The van der Waals surface area contributed by atoms with E-state index < -0.39 is 16.5 Å². The zero-order valence-electron chi connectivity index (χ0n) is 16.6. The number of hydrogen-bond donors (Lipinski definition) is 0. The molecular weight excluding hydrogens is 406 g/mol. The van der Waals surface area contributed by atoms with Gasteiger partial charge >= 0.3 is 0 Å². The highest BCUT2D eigenvalue weighted by molar-refractivity contribution is 6.19. The monoisotopic (exact) mass is 421 g/mol. The minimum Gasteiger partial charge on any atom is -0.289 e. The number of fused-ring (bicyclic) bond motifs is 3. The average Bonchev–Trinajstić information content (AvgIpc) is 3.24. The van der Waals surface area contributed by atoms with Crippen LogP contribution in [-0.2, 0) is 0 Å². The van der Waals surface area contributed by atoms with Crippen LogP contribution in [0.4, 0.5) is 5.69 Å². The van der Waals surface area contributed by atoms with Crippen molar-refractivity contribution in [1.29, 1.82) is 0 Å². The zero-order chi connectivity index (χ0) is 22.2. The lowest BCUT2D eigenvalue weighted by molar-refractivity contribution is -0.384. The van der Waals surface area contributed by atoms with Gasteiger partial charge in [0.2, 0.25) is 11.6 Å². The highest BCUT2D eigenvalue weighted by Gasteiger charge is 2.27. The normalized spacial score (nSPS) is 11.0. The molecule has 0 amide bonds. The van der Waals surface area contributed by atoms with E-state index in [1.165, 1.54) is 24.3 Å². The van der Waals surface area contributed by atoms with Crippen LogP contribution in [0.1, 0.15) is 32.1 Å². The average molecular weight is 421 g/mol. The summed E-state index contributed by atoms with van der Waals surface area (Å²) in [7, 11) is 0. The third-order valence-electron chi connectivity index (χ3n) is 5.28. The van der Waals surface area contributed by atoms with Gasteiger partial charge in [-0.3, -0.25) is 24.1 Å². The summed E-state index contributed by atoms with van der Waals surface area (Å²) < 4.78 is 1.65. The predicted octanol–water partition coefficient (Wildman–Crippen LogP) is 4.86. The van der Waals surface area contributed by atoms with Crippen LogP contribution in [0.15, 0.2) is 91.0 Å². The first-order chi connectivity index (χ1) is 15.5. The van der Waals surface area contributed by atoms with E-state index in [-0.39, 0.29) is 22.6 Å². The molecule has 0 radical (unpaired) electrons. The highest BCUT2D eigenvalue weighted by Crippen LogP contribution is 2.26. The fraction of sp³-hybridized carbons (Fsp3) is 0. The van der Waals surface area contributed by atoms with Gasteiger partial charge in [-0.15, -0.1) is 0 Å². The van der Waals surface area contributed by atoms with Crippen molar-refractivity contribution >= 4 is 33.8 Å². The Morgan fingerprint density at radius 1 is 0.781 bits per heavy atom. The minimum atomic E-state index is -0.559. The van der Waals surface area contributed by atoms with E-state index in [1.807, 2.05) is 30.3 Å². The quantitative estimate of drug-likeness (QED) is 0.229. The van der Waals surface area contributed by atoms with Gasteiger partial charge < -0.3 is 0 Å². The van der Waals surface area contributed by atoms with Crippen molar-refractivity contribution in [2.45, 2.75) is 0 Å². The Morgan fingerprint density at radius 2 is 1.50 bits per heavy atom. The molecule has 0 spiro atoms. The summed E-state index contributed by atoms with van der Waals surface area (Å²) in [6.07, 6.45) is 0. The van der Waals surface area contributed by atoms with Gasteiger partial charge in [-0.1, -0.05) is 60.7 Å². The molecule has 32 heavy (non-hydrogen) atoms. The number of rotatable bonds is 5. The molecule has 0 aliphatic rings. The van der Waals surface area contributed by atoms with Gasteiger partial charge in [-0.2, -0.15) is 0 Å². The predicted molar refractivity (Wildman–Crippen MR) is 119 cm³/mol. The van der Waals surface area contributed by atoms with Crippen LogP contribution in [0.2, 0.25) is 0 Å². The van der Waals surface area contributed by atoms with Gasteiger partial charge in [-0.25, -0.2) is 4.98 Å². The Balaban J connectivity index is 1.81. The van der Waals surface area contributed by atoms with Gasteiger partial charge in [0, 0.05) is 23.3 Å². The minimum absolute atomic E-state index is 0.00376. The second kappa shape index (κ2) is 7.55. The maximum Gasteiger partial charge on any atom is 0.270 e. The number of pyridine rings is 1. The number of non-ortho nitro benzene ring substituents is 1. The summed E-state index contributed by atoms with van der Waals surface area (Å²) in [6.45, 7) is 0. The Kier molecular flexibility index (Phi) is 4.56. The van der Waals surface area contributed by atoms with Crippen molar-refractivity contribution in [2.75, 3.05) is 0 Å². The molecule has 0 fully saturated rings. The summed E-state index contributed by atoms with van der Waals surface area (Å²) in [5.74, 6) is -0.913. The van der Waals surface area contributed by atoms with Crippen LogP contribution in [0.5, 0.6) is 0 Å². The number of nitro benzene ring substituents is 1. The number of para-hydroxylation sites is 1. The first kappa shape index (κ1) is 19.3. The summed E-state index contributed by atoms with van der Waals surface area (Å²) in [4.78, 5) is 42.2. The SMILES string of the molecule is O=C(c1ccccc1)c1nc2ccc3ccccc3n2c1C(=O)c1cccc([N+](=O)[O-])c1. The van der Waals surface area contributed by atoms with E-state index in [4.69, 9.17) is 0 Å². The number of aromatic nitrogens is 2. The van der Waals surface area contributed by atoms with Crippen LogP contribution < -0.4 is 0 Å². The third kappa shape index (κ3) is 3.13. The largest absolute Gasteiger partial charge is 0.289 e. The molecule has 154 valence electrons. The van der Waals surface area contributed by atoms with Crippen molar-refractivity contribution in [3.63, 3.8) is 0 Å². The summed E-state index contributed by atoms with van der Waals surface area (Å²) >= 11 is 0. The topological polar surface area (TPSA) is 94.6 Å². The molecule has 3 aromatic carbocycles. The fourth-order valence-electron chi connectivity index (χ4n) is 3.78. The first-order valence-electron chi connectivity index (χ1n) is 9.84. The lowest BCUT2D eigenvalue weighted by Gasteiger charge is -2.08. The van der Waals surface area contributed by atoms with Crippen LogP contribution in [0.25, 0.3) is 16.6 Å². The molecule has 2 heterocycles. The van der Waals surface area contributed by atoms with E-state index in [1.54, 1.807) is 40.8 Å². The number of imidazole rings is 1. The van der Waals surface area contributed by atoms with E-state index in [0.717, 1.165) is 5.39 Å². The van der Waals surface area contributed by atoms with Crippen molar-refractivity contribution < 1.29 is 14.5 Å². The maximum absolute atomic E-state index is 13.7. The van der Waals surface area contributed by atoms with E-state index >= 15 is 0 Å². The summed E-state index contributed by atoms with van der Waals surface area (Å²) in [5, 5.41) is 12.1. The first-order valence-corrected chi connectivity index (χ1v) is 9.84. The highest BCUT2D eigenvalue weighted by atomic mass is 16.6. The molecule has 5 rings (SSSR count). The lowest BCUT2D eigenvalue weighted by Crippen LogP contribution is -2.13. The second-order valence-electron chi connectivity index (χ2n) is 7.23. The van der Waals surface area contributed by atoms with Crippen LogP contribution in [0.3, 0.4) is 0 Å². The standard InChI is InChI=1S/C25H15N3O4/c29-24(17-8-2-1-3-9-17)22-23(25(30)18-10-6-11-19(15-18)28(31)32)27-20-12-5-4-7-16(20)13-14-21(27)26-22/h1-15H. The van der Waals surface area contributed by atoms with E-state index in [0.29, 0.717) is 16.7 Å². The summed E-state index contributed by atoms with van der Waals surface area (Å²) in [6, 6.07) is 25.1. The fourth-order valence-corrected chi connectivity index (χ4v) is 3.78. The van der Waals surface area contributed by atoms with Gasteiger partial charge in [0.05, 0.1) is 10.4 Å². The zero-order valence-corrected chi connectivity index (χ0v) is 16.6. The molecule has 0 bridgehead atoms. The molecule has 2 aromatic heterocycles. The molecule has 0 unspecified atom stereocenters.